The van der Waals surface area contributed by atoms with Gasteiger partial charge in [-0.15, -0.1) is 0 Å². The van der Waals surface area contributed by atoms with Crippen LogP contribution in [0.5, 0.6) is 0 Å². The van der Waals surface area contributed by atoms with E-state index in [0.29, 0.717) is 13.0 Å². The fraction of sp³-hybridized carbons (Fsp3) is 0.974. The van der Waals surface area contributed by atoms with E-state index in [9.17, 15) is 25.2 Å². The highest BCUT2D eigenvalue weighted by Gasteiger charge is 2.44. The standard InChI is InChI=1S/C38H74O9/c1-3-5-6-7-8-9-10-11-12-13-14-15-16-17-18-19-20-21-22-23-24-25-26-28-44-30-32(46-34(40)27-4-2)31-45-38-37(43)36(42)35(41)33(29-39)47-38/h32-33,35-39,41-43H,3-31H2,1-2H3. The Hall–Kier alpha value is -0.810. The van der Waals surface area contributed by atoms with E-state index >= 15 is 0 Å². The van der Waals surface area contributed by atoms with E-state index in [2.05, 4.69) is 6.92 Å². The number of hydrogen-bond acceptors (Lipinski definition) is 9. The molecule has 0 aromatic rings. The summed E-state index contributed by atoms with van der Waals surface area (Å²) in [5, 5.41) is 39.5. The normalized spacial score (nSPS) is 22.0. The van der Waals surface area contributed by atoms with Crippen LogP contribution in [-0.2, 0) is 23.7 Å². The summed E-state index contributed by atoms with van der Waals surface area (Å²) in [5.41, 5.74) is 0. The maximum atomic E-state index is 12.1. The number of unbranched alkanes of at least 4 members (excludes halogenated alkanes) is 22. The van der Waals surface area contributed by atoms with Crippen LogP contribution in [0.2, 0.25) is 0 Å². The molecule has 6 unspecified atom stereocenters. The first-order valence-corrected chi connectivity index (χ1v) is 19.6. The van der Waals surface area contributed by atoms with Gasteiger partial charge in [0, 0.05) is 13.0 Å². The van der Waals surface area contributed by atoms with Gasteiger partial charge in [0.15, 0.2) is 6.29 Å². The SMILES string of the molecule is CCCCCCCCCCCCCCCCCCCCCCCCCOCC(COC1OC(CO)C(O)C(O)C1O)OC(=O)CCC. The largest absolute Gasteiger partial charge is 0.457 e. The molecular weight excluding hydrogens is 600 g/mol. The van der Waals surface area contributed by atoms with Crippen LogP contribution in [0.25, 0.3) is 0 Å². The quantitative estimate of drug-likeness (QED) is 0.0412. The molecule has 1 aliphatic rings. The second kappa shape index (κ2) is 31.2. The van der Waals surface area contributed by atoms with Crippen LogP contribution in [0.1, 0.15) is 174 Å². The average molecular weight is 675 g/mol. The molecule has 1 fully saturated rings. The van der Waals surface area contributed by atoms with Crippen LogP contribution in [-0.4, -0.2) is 89.6 Å². The predicted octanol–water partition coefficient (Wildman–Crippen LogP) is 7.52. The van der Waals surface area contributed by atoms with E-state index in [0.717, 1.165) is 12.8 Å². The summed E-state index contributed by atoms with van der Waals surface area (Å²) in [6.45, 7) is 4.22. The zero-order valence-electron chi connectivity index (χ0n) is 30.3. The molecule has 0 aromatic carbocycles. The Kier molecular flexibility index (Phi) is 29.3. The Labute approximate surface area is 287 Å². The van der Waals surface area contributed by atoms with E-state index in [-0.39, 0.29) is 25.6 Å². The molecule has 0 aromatic heterocycles. The number of aliphatic hydroxyl groups is 4. The molecule has 1 heterocycles. The van der Waals surface area contributed by atoms with Crippen molar-refractivity contribution in [1.29, 1.82) is 0 Å². The van der Waals surface area contributed by atoms with E-state index < -0.39 is 43.4 Å². The number of ether oxygens (including phenoxy) is 4. The molecule has 4 N–H and O–H groups in total. The lowest BCUT2D eigenvalue weighted by molar-refractivity contribution is -0.305. The summed E-state index contributed by atoms with van der Waals surface area (Å²) in [7, 11) is 0. The van der Waals surface area contributed by atoms with Gasteiger partial charge in [-0.2, -0.15) is 0 Å². The summed E-state index contributed by atoms with van der Waals surface area (Å²) >= 11 is 0. The van der Waals surface area contributed by atoms with Crippen LogP contribution in [0, 0.1) is 0 Å². The highest BCUT2D eigenvalue weighted by molar-refractivity contribution is 5.69. The lowest BCUT2D eigenvalue weighted by atomic mass is 9.99. The lowest BCUT2D eigenvalue weighted by Gasteiger charge is -2.39. The monoisotopic (exact) mass is 675 g/mol. The first-order chi connectivity index (χ1) is 22.9. The molecule has 280 valence electrons. The smallest absolute Gasteiger partial charge is 0.306 e. The second-order valence-electron chi connectivity index (χ2n) is 13.7. The van der Waals surface area contributed by atoms with Gasteiger partial charge in [-0.1, -0.05) is 155 Å². The van der Waals surface area contributed by atoms with E-state index in [1.807, 2.05) is 6.92 Å². The maximum Gasteiger partial charge on any atom is 0.306 e. The molecule has 0 spiro atoms. The Balaban J connectivity index is 1.98. The van der Waals surface area contributed by atoms with Gasteiger partial charge in [0.25, 0.3) is 0 Å². The molecule has 1 saturated heterocycles. The highest BCUT2D eigenvalue weighted by Crippen LogP contribution is 2.22. The van der Waals surface area contributed by atoms with Gasteiger partial charge in [-0.3, -0.25) is 4.79 Å². The Morgan fingerprint density at radius 1 is 0.596 bits per heavy atom. The Bertz CT molecular complexity index is 692. The molecular formula is C38H74O9. The number of aliphatic hydroxyl groups excluding tert-OH is 4. The number of rotatable bonds is 33. The lowest BCUT2D eigenvalue weighted by Crippen LogP contribution is -2.59. The Morgan fingerprint density at radius 2 is 1.04 bits per heavy atom. The van der Waals surface area contributed by atoms with Gasteiger partial charge in [0.05, 0.1) is 19.8 Å². The molecule has 9 heteroatoms. The molecule has 47 heavy (non-hydrogen) atoms. The first kappa shape index (κ1) is 44.2. The third-order valence-electron chi connectivity index (χ3n) is 9.24. The van der Waals surface area contributed by atoms with Crippen molar-refractivity contribution in [3.8, 4) is 0 Å². The van der Waals surface area contributed by atoms with E-state index in [1.54, 1.807) is 0 Å². The predicted molar refractivity (Wildman–Crippen MR) is 187 cm³/mol. The van der Waals surface area contributed by atoms with E-state index in [4.69, 9.17) is 18.9 Å². The van der Waals surface area contributed by atoms with Crippen molar-refractivity contribution in [1.82, 2.24) is 0 Å². The number of esters is 1. The van der Waals surface area contributed by atoms with Crippen LogP contribution < -0.4 is 0 Å². The molecule has 1 rings (SSSR count). The Morgan fingerprint density at radius 3 is 1.47 bits per heavy atom. The van der Waals surface area contributed by atoms with Crippen molar-refractivity contribution in [2.24, 2.45) is 0 Å². The first-order valence-electron chi connectivity index (χ1n) is 19.6. The number of hydrogen-bond donors (Lipinski definition) is 4. The fourth-order valence-corrected chi connectivity index (χ4v) is 6.18. The van der Waals surface area contributed by atoms with Gasteiger partial charge >= 0.3 is 5.97 Å². The van der Waals surface area contributed by atoms with Gasteiger partial charge in [0.2, 0.25) is 0 Å². The van der Waals surface area contributed by atoms with Gasteiger partial charge in [-0.05, 0) is 12.8 Å². The molecule has 0 radical (unpaired) electrons. The molecule has 0 saturated carbocycles. The summed E-state index contributed by atoms with van der Waals surface area (Å²) in [4.78, 5) is 12.1. The molecule has 1 aliphatic heterocycles. The van der Waals surface area contributed by atoms with Crippen LogP contribution in [0.15, 0.2) is 0 Å². The third-order valence-corrected chi connectivity index (χ3v) is 9.24. The van der Waals surface area contributed by atoms with Crippen molar-refractivity contribution >= 4 is 5.97 Å². The fourth-order valence-electron chi connectivity index (χ4n) is 6.18. The van der Waals surface area contributed by atoms with Crippen molar-refractivity contribution in [3.63, 3.8) is 0 Å². The minimum absolute atomic E-state index is 0.114. The minimum atomic E-state index is -1.53. The topological polar surface area (TPSA) is 135 Å². The summed E-state index contributed by atoms with van der Waals surface area (Å²) in [5.74, 6) is -0.363. The molecule has 6 atom stereocenters. The van der Waals surface area contributed by atoms with Crippen LogP contribution >= 0.6 is 0 Å². The van der Waals surface area contributed by atoms with Gasteiger partial charge in [-0.25, -0.2) is 0 Å². The zero-order valence-corrected chi connectivity index (χ0v) is 30.3. The highest BCUT2D eigenvalue weighted by atomic mass is 16.7. The molecule has 9 nitrogen and oxygen atoms in total. The van der Waals surface area contributed by atoms with Gasteiger partial charge < -0.3 is 39.4 Å². The van der Waals surface area contributed by atoms with Crippen molar-refractivity contribution in [2.45, 2.75) is 211 Å². The summed E-state index contributed by atoms with van der Waals surface area (Å²) in [6, 6.07) is 0. The van der Waals surface area contributed by atoms with Crippen molar-refractivity contribution in [3.05, 3.63) is 0 Å². The van der Waals surface area contributed by atoms with E-state index in [1.165, 1.54) is 135 Å². The maximum absolute atomic E-state index is 12.1. The average Bonchev–Trinajstić information content (AvgIpc) is 3.06. The minimum Gasteiger partial charge on any atom is -0.457 e. The molecule has 0 amide bonds. The second-order valence-corrected chi connectivity index (χ2v) is 13.7. The zero-order chi connectivity index (χ0) is 34.4. The number of carbonyl (C=O) groups is 1. The molecule has 0 aliphatic carbocycles. The van der Waals surface area contributed by atoms with Crippen molar-refractivity contribution in [2.75, 3.05) is 26.4 Å². The van der Waals surface area contributed by atoms with Crippen molar-refractivity contribution < 1.29 is 44.2 Å². The van der Waals surface area contributed by atoms with Crippen LogP contribution in [0.4, 0.5) is 0 Å². The molecule has 0 bridgehead atoms. The summed E-state index contributed by atoms with van der Waals surface area (Å²) in [6.07, 6.45) is 24.5. The van der Waals surface area contributed by atoms with Crippen LogP contribution in [0.3, 0.4) is 0 Å². The summed E-state index contributed by atoms with van der Waals surface area (Å²) < 4.78 is 22.2. The third kappa shape index (κ3) is 23.3. The number of carbonyl (C=O) groups excluding carboxylic acids is 1. The van der Waals surface area contributed by atoms with Gasteiger partial charge in [0.1, 0.15) is 30.5 Å².